The number of primary amides is 1. The molecule has 0 unspecified atom stereocenters. The van der Waals surface area contributed by atoms with Crippen LogP contribution in [0.2, 0.25) is 0 Å². The lowest BCUT2D eigenvalue weighted by molar-refractivity contribution is 0.112. The van der Waals surface area contributed by atoms with Crippen LogP contribution < -0.4 is 11.1 Å². The minimum absolute atomic E-state index is 0.176. The Kier molecular flexibility index (Phi) is 7.99. The van der Waals surface area contributed by atoms with Gasteiger partial charge in [-0.3, -0.25) is 0 Å². The van der Waals surface area contributed by atoms with Crippen molar-refractivity contribution < 1.29 is 9.53 Å². The molecular formula is C12H26N2O2. The molecule has 0 saturated heterocycles. The van der Waals surface area contributed by atoms with Gasteiger partial charge in [-0.05, 0) is 26.2 Å². The molecule has 0 aromatic rings. The maximum atomic E-state index is 11.1. The third-order valence-electron chi connectivity index (χ3n) is 2.77. The zero-order chi connectivity index (χ0) is 12.4. The van der Waals surface area contributed by atoms with Gasteiger partial charge >= 0.3 is 6.03 Å². The van der Waals surface area contributed by atoms with Crippen molar-refractivity contribution in [3.05, 3.63) is 0 Å². The Morgan fingerprint density at radius 2 is 1.75 bits per heavy atom. The summed E-state index contributed by atoms with van der Waals surface area (Å²) in [5.74, 6) is 0. The molecule has 0 bridgehead atoms. The number of carbonyl (C=O) groups excluding carboxylic acids is 1. The number of rotatable bonds is 9. The Labute approximate surface area is 98.9 Å². The number of ether oxygens (including phenoxy) is 1. The number of carbonyl (C=O) groups is 1. The number of nitrogens with one attached hydrogen (secondary N) is 1. The molecule has 0 radical (unpaired) electrons. The van der Waals surface area contributed by atoms with Crippen LogP contribution in [0.4, 0.5) is 4.79 Å². The Hall–Kier alpha value is -0.770. The number of amides is 2. The number of nitrogens with two attached hydrogens (primary N) is 1. The van der Waals surface area contributed by atoms with Gasteiger partial charge < -0.3 is 15.8 Å². The van der Waals surface area contributed by atoms with E-state index in [1.54, 1.807) is 0 Å². The minimum atomic E-state index is -0.432. The van der Waals surface area contributed by atoms with Gasteiger partial charge in [-0.1, -0.05) is 26.7 Å². The molecule has 0 rings (SSSR count). The summed E-state index contributed by atoms with van der Waals surface area (Å²) in [5, 5.41) is 2.91. The van der Waals surface area contributed by atoms with Gasteiger partial charge in [-0.15, -0.1) is 0 Å². The summed E-state index contributed by atoms with van der Waals surface area (Å²) in [6.45, 7) is 7.60. The maximum Gasteiger partial charge on any atom is 0.312 e. The molecule has 2 amide bonds. The lowest BCUT2D eigenvalue weighted by atomic mass is 9.85. The molecule has 0 aliphatic carbocycles. The fourth-order valence-electron chi connectivity index (χ4n) is 2.19. The summed E-state index contributed by atoms with van der Waals surface area (Å²) in [4.78, 5) is 11.1. The van der Waals surface area contributed by atoms with E-state index in [0.29, 0.717) is 13.2 Å². The summed E-state index contributed by atoms with van der Waals surface area (Å²) in [7, 11) is 0. The van der Waals surface area contributed by atoms with Gasteiger partial charge in [-0.25, -0.2) is 4.79 Å². The first-order valence-electron chi connectivity index (χ1n) is 6.25. The van der Waals surface area contributed by atoms with E-state index in [-0.39, 0.29) is 5.54 Å². The van der Waals surface area contributed by atoms with Crippen molar-refractivity contribution in [3.8, 4) is 0 Å². The van der Waals surface area contributed by atoms with E-state index < -0.39 is 6.03 Å². The van der Waals surface area contributed by atoms with Crippen molar-refractivity contribution in [2.75, 3.05) is 13.2 Å². The molecule has 4 nitrogen and oxygen atoms in total. The van der Waals surface area contributed by atoms with Crippen molar-refractivity contribution in [2.24, 2.45) is 5.73 Å². The topological polar surface area (TPSA) is 64.3 Å². The zero-order valence-electron chi connectivity index (χ0n) is 10.8. The highest BCUT2D eigenvalue weighted by Crippen LogP contribution is 2.23. The standard InChI is InChI=1S/C12H26N2O2/c1-4-7-12(8-5-2,14-11(13)15)9-10-16-6-3/h4-10H2,1-3H3,(H3,13,14,15). The van der Waals surface area contributed by atoms with Crippen LogP contribution in [0.5, 0.6) is 0 Å². The summed E-state index contributed by atoms with van der Waals surface area (Å²) < 4.78 is 5.37. The Morgan fingerprint density at radius 3 is 2.12 bits per heavy atom. The summed E-state index contributed by atoms with van der Waals surface area (Å²) in [5.41, 5.74) is 5.08. The first-order chi connectivity index (χ1) is 7.60. The smallest absolute Gasteiger partial charge is 0.312 e. The van der Waals surface area contributed by atoms with Crippen LogP contribution in [0.25, 0.3) is 0 Å². The third kappa shape index (κ3) is 5.95. The Bertz CT molecular complexity index is 189. The SMILES string of the molecule is CCCC(CCC)(CCOCC)NC(N)=O. The second-order valence-corrected chi connectivity index (χ2v) is 4.22. The van der Waals surface area contributed by atoms with E-state index in [0.717, 1.165) is 32.1 Å². The molecule has 0 atom stereocenters. The molecule has 0 fully saturated rings. The molecule has 96 valence electrons. The van der Waals surface area contributed by atoms with E-state index >= 15 is 0 Å². The van der Waals surface area contributed by atoms with Crippen LogP contribution in [0.15, 0.2) is 0 Å². The van der Waals surface area contributed by atoms with Gasteiger partial charge in [0.2, 0.25) is 0 Å². The molecule has 16 heavy (non-hydrogen) atoms. The molecule has 0 spiro atoms. The molecule has 4 heteroatoms. The summed E-state index contributed by atoms with van der Waals surface area (Å²) in [6.07, 6.45) is 4.82. The third-order valence-corrected chi connectivity index (χ3v) is 2.77. The van der Waals surface area contributed by atoms with Crippen molar-refractivity contribution in [1.29, 1.82) is 0 Å². The van der Waals surface area contributed by atoms with Crippen LogP contribution in [0.1, 0.15) is 52.9 Å². The predicted molar refractivity (Wildman–Crippen MR) is 66.4 cm³/mol. The van der Waals surface area contributed by atoms with Crippen molar-refractivity contribution >= 4 is 6.03 Å². The molecule has 0 aromatic heterocycles. The van der Waals surface area contributed by atoms with Gasteiger partial charge in [-0.2, -0.15) is 0 Å². The summed E-state index contributed by atoms with van der Waals surface area (Å²) in [6, 6.07) is -0.432. The lowest BCUT2D eigenvalue weighted by Gasteiger charge is -2.34. The molecule has 0 aromatic carbocycles. The van der Waals surface area contributed by atoms with Gasteiger partial charge in [0.1, 0.15) is 0 Å². The van der Waals surface area contributed by atoms with Crippen LogP contribution in [-0.2, 0) is 4.74 Å². The van der Waals surface area contributed by atoms with Gasteiger partial charge in [0.25, 0.3) is 0 Å². The second kappa shape index (κ2) is 8.39. The Balaban J connectivity index is 4.43. The lowest BCUT2D eigenvalue weighted by Crippen LogP contribution is -2.51. The van der Waals surface area contributed by atoms with Crippen LogP contribution >= 0.6 is 0 Å². The van der Waals surface area contributed by atoms with E-state index in [9.17, 15) is 4.79 Å². The number of hydrogen-bond acceptors (Lipinski definition) is 2. The van der Waals surface area contributed by atoms with Crippen molar-refractivity contribution in [3.63, 3.8) is 0 Å². The van der Waals surface area contributed by atoms with E-state index in [1.807, 2.05) is 6.92 Å². The Morgan fingerprint density at radius 1 is 1.19 bits per heavy atom. The van der Waals surface area contributed by atoms with Gasteiger partial charge in [0.15, 0.2) is 0 Å². The van der Waals surface area contributed by atoms with Crippen molar-refractivity contribution in [2.45, 2.75) is 58.4 Å². The fraction of sp³-hybridized carbons (Fsp3) is 0.917. The molecular weight excluding hydrogens is 204 g/mol. The maximum absolute atomic E-state index is 11.1. The van der Waals surface area contributed by atoms with Gasteiger partial charge in [0.05, 0.1) is 0 Å². The van der Waals surface area contributed by atoms with Crippen LogP contribution in [0, 0.1) is 0 Å². The zero-order valence-corrected chi connectivity index (χ0v) is 10.8. The average Bonchev–Trinajstić information content (AvgIpc) is 2.17. The summed E-state index contributed by atoms with van der Waals surface area (Å²) >= 11 is 0. The largest absolute Gasteiger partial charge is 0.382 e. The molecule has 0 aliphatic heterocycles. The monoisotopic (exact) mass is 230 g/mol. The van der Waals surface area contributed by atoms with Crippen LogP contribution in [-0.4, -0.2) is 24.8 Å². The number of urea groups is 1. The number of hydrogen-bond donors (Lipinski definition) is 2. The molecule has 0 heterocycles. The normalized spacial score (nSPS) is 11.4. The molecule has 3 N–H and O–H groups in total. The average molecular weight is 230 g/mol. The highest BCUT2D eigenvalue weighted by Gasteiger charge is 2.28. The quantitative estimate of drug-likeness (QED) is 0.597. The van der Waals surface area contributed by atoms with Gasteiger partial charge in [0, 0.05) is 18.8 Å². The first kappa shape index (κ1) is 15.2. The molecule has 0 aliphatic rings. The predicted octanol–water partition coefficient (Wildman–Crippen LogP) is 2.42. The second-order valence-electron chi connectivity index (χ2n) is 4.22. The van der Waals surface area contributed by atoms with E-state index in [4.69, 9.17) is 10.5 Å². The fourth-order valence-corrected chi connectivity index (χ4v) is 2.19. The van der Waals surface area contributed by atoms with Crippen molar-refractivity contribution in [1.82, 2.24) is 5.32 Å². The first-order valence-corrected chi connectivity index (χ1v) is 6.25. The highest BCUT2D eigenvalue weighted by atomic mass is 16.5. The molecule has 0 saturated carbocycles. The van der Waals surface area contributed by atoms with E-state index in [2.05, 4.69) is 19.2 Å². The van der Waals surface area contributed by atoms with Crippen LogP contribution in [0.3, 0.4) is 0 Å². The van der Waals surface area contributed by atoms with E-state index in [1.165, 1.54) is 0 Å². The minimum Gasteiger partial charge on any atom is -0.382 e. The highest BCUT2D eigenvalue weighted by molar-refractivity contribution is 5.72.